The van der Waals surface area contributed by atoms with Crippen molar-refractivity contribution in [3.05, 3.63) is 94.8 Å². The Morgan fingerprint density at radius 1 is 1.07 bits per heavy atom. The third-order valence-electron chi connectivity index (χ3n) is 4.26. The lowest BCUT2D eigenvalue weighted by molar-refractivity contribution is -0.576. The number of nitrogens with zero attached hydrogens (tertiary/aromatic N) is 1. The molecule has 6 heteroatoms. The topological polar surface area (TPSA) is 56.4 Å². The first kappa shape index (κ1) is 20.0. The summed E-state index contributed by atoms with van der Waals surface area (Å²) in [5.41, 5.74) is 3.38. The van der Waals surface area contributed by atoms with Gasteiger partial charge in [-0.15, -0.1) is 0 Å². The van der Waals surface area contributed by atoms with E-state index >= 15 is 0 Å². The van der Waals surface area contributed by atoms with Crippen LogP contribution in [0.4, 0.5) is 5.69 Å². The largest absolute Gasteiger partial charge is 0.502 e. The van der Waals surface area contributed by atoms with E-state index in [0.717, 1.165) is 11.3 Å². The Hall–Kier alpha value is -2.73. The number of aliphatic hydroxyl groups is 2. The van der Waals surface area contributed by atoms with Gasteiger partial charge in [-0.3, -0.25) is 0 Å². The second-order valence-corrected chi connectivity index (χ2v) is 7.04. The van der Waals surface area contributed by atoms with Crippen LogP contribution in [-0.2, 0) is 6.61 Å². The van der Waals surface area contributed by atoms with E-state index in [1.807, 2.05) is 31.2 Å². The van der Waals surface area contributed by atoms with E-state index in [1.54, 1.807) is 53.4 Å². The van der Waals surface area contributed by atoms with Gasteiger partial charge >= 0.3 is 0 Å². The van der Waals surface area contributed by atoms with Gasteiger partial charge in [0.05, 0.1) is 11.6 Å². The van der Waals surface area contributed by atoms with Crippen LogP contribution in [0, 0.1) is 6.92 Å². The molecule has 0 aliphatic carbocycles. The quantitative estimate of drug-likeness (QED) is 0.245. The Balaban J connectivity index is 2.14. The molecule has 142 valence electrons. The van der Waals surface area contributed by atoms with Gasteiger partial charge in [0.2, 0.25) is 5.76 Å². The zero-order chi connectivity index (χ0) is 20.1. The molecule has 3 rings (SSSR count). The summed E-state index contributed by atoms with van der Waals surface area (Å²) in [6.07, 6.45) is 3.47. The van der Waals surface area contributed by atoms with Crippen molar-refractivity contribution < 1.29 is 14.8 Å². The molecule has 0 amide bonds. The predicted molar refractivity (Wildman–Crippen MR) is 117 cm³/mol. The molecule has 28 heavy (non-hydrogen) atoms. The first-order valence-corrected chi connectivity index (χ1v) is 9.46. The van der Waals surface area contributed by atoms with Gasteiger partial charge in [-0.25, -0.2) is 0 Å². The average molecular weight is 412 g/mol. The summed E-state index contributed by atoms with van der Waals surface area (Å²) in [4.78, 5) is 0.326. The fourth-order valence-electron chi connectivity index (χ4n) is 2.78. The molecule has 0 unspecified atom stereocenters. The predicted octanol–water partition coefficient (Wildman–Crippen LogP) is 4.75. The molecular weight excluding hydrogens is 392 g/mol. The molecule has 3 N–H and O–H groups in total. The van der Waals surface area contributed by atoms with E-state index in [1.165, 1.54) is 0 Å². The van der Waals surface area contributed by atoms with Crippen LogP contribution in [0.25, 0.3) is 11.5 Å². The number of aryl methyl sites for hydroxylation is 1. The summed E-state index contributed by atoms with van der Waals surface area (Å²) < 4.78 is 1.68. The van der Waals surface area contributed by atoms with Gasteiger partial charge in [0.15, 0.2) is 17.4 Å². The second kappa shape index (κ2) is 8.97. The number of pyridine rings is 1. The van der Waals surface area contributed by atoms with Crippen LogP contribution >= 0.6 is 23.8 Å². The van der Waals surface area contributed by atoms with Crippen LogP contribution in [0.5, 0.6) is 0 Å². The Morgan fingerprint density at radius 2 is 1.79 bits per heavy atom. The summed E-state index contributed by atoms with van der Waals surface area (Å²) in [5.74, 6) is -0.0585. The molecule has 1 aromatic heterocycles. The van der Waals surface area contributed by atoms with Gasteiger partial charge in [0.1, 0.15) is 0 Å². The summed E-state index contributed by atoms with van der Waals surface area (Å²) >= 11 is 11.9. The van der Waals surface area contributed by atoms with Gasteiger partial charge < -0.3 is 15.5 Å². The summed E-state index contributed by atoms with van der Waals surface area (Å²) in [6, 6.07) is 18.3. The smallest absolute Gasteiger partial charge is 0.288 e. The van der Waals surface area contributed by atoms with Crippen molar-refractivity contribution in [2.75, 3.05) is 5.32 Å². The first-order chi connectivity index (χ1) is 13.5. The fourth-order valence-corrected chi connectivity index (χ4v) is 3.32. The minimum Gasteiger partial charge on any atom is -0.502 e. The van der Waals surface area contributed by atoms with Crippen molar-refractivity contribution in [3.8, 4) is 0 Å². The Kier molecular flexibility index (Phi) is 6.41. The van der Waals surface area contributed by atoms with E-state index in [9.17, 15) is 10.2 Å². The standard InChI is InChI=1S/C22H19ClN2O2S/c1-15-7-2-5-11-19(15)24-22(28)20(25-12-6-8-16(13-25)14-26)21(27)17-9-3-4-10-18(17)23/h2-13,26H,14H2,1H3,(H-,24,27,28)/p+1. The van der Waals surface area contributed by atoms with Crippen LogP contribution in [0.2, 0.25) is 5.02 Å². The van der Waals surface area contributed by atoms with Crippen molar-refractivity contribution in [3.63, 3.8) is 0 Å². The molecule has 4 nitrogen and oxygen atoms in total. The highest BCUT2D eigenvalue weighted by atomic mass is 35.5. The number of anilines is 1. The van der Waals surface area contributed by atoms with Crippen LogP contribution in [-0.4, -0.2) is 15.2 Å². The molecule has 0 fully saturated rings. The molecule has 0 spiro atoms. The number of aromatic nitrogens is 1. The van der Waals surface area contributed by atoms with Crippen molar-refractivity contribution in [2.45, 2.75) is 13.5 Å². The number of rotatable bonds is 5. The van der Waals surface area contributed by atoms with E-state index in [-0.39, 0.29) is 12.4 Å². The van der Waals surface area contributed by atoms with Crippen molar-refractivity contribution in [2.24, 2.45) is 0 Å². The zero-order valence-corrected chi connectivity index (χ0v) is 16.8. The molecule has 3 aromatic rings. The lowest BCUT2D eigenvalue weighted by atomic mass is 10.1. The minimum absolute atomic E-state index is 0.0585. The van der Waals surface area contributed by atoms with Gasteiger partial charge in [-0.1, -0.05) is 54.2 Å². The molecular formula is C22H20ClN2O2S+. The summed E-state index contributed by atoms with van der Waals surface area (Å²) in [7, 11) is 0. The maximum absolute atomic E-state index is 11.1. The number of benzene rings is 2. The maximum atomic E-state index is 11.1. The monoisotopic (exact) mass is 411 g/mol. The highest BCUT2D eigenvalue weighted by Gasteiger charge is 2.25. The molecule has 0 atom stereocenters. The number of thiocarbonyl (C=S) groups is 1. The number of nitrogens with one attached hydrogen (secondary N) is 1. The van der Waals surface area contributed by atoms with Crippen LogP contribution in [0.15, 0.2) is 73.1 Å². The highest BCUT2D eigenvalue weighted by Crippen LogP contribution is 2.26. The van der Waals surface area contributed by atoms with Crippen molar-refractivity contribution in [1.82, 2.24) is 0 Å². The zero-order valence-electron chi connectivity index (χ0n) is 15.3. The third kappa shape index (κ3) is 4.39. The van der Waals surface area contributed by atoms with Gasteiger partial charge in [-0.2, -0.15) is 4.57 Å². The van der Waals surface area contributed by atoms with Gasteiger partial charge in [0.25, 0.3) is 5.70 Å². The number of hydrogen-bond donors (Lipinski definition) is 3. The van der Waals surface area contributed by atoms with Crippen LogP contribution < -0.4 is 9.88 Å². The highest BCUT2D eigenvalue weighted by molar-refractivity contribution is 7.81. The fraction of sp³-hybridized carbons (Fsp3) is 0.0909. The van der Waals surface area contributed by atoms with Crippen molar-refractivity contribution >= 4 is 46.0 Å². The van der Waals surface area contributed by atoms with Crippen molar-refractivity contribution in [1.29, 1.82) is 0 Å². The molecule has 0 aliphatic heterocycles. The van der Waals surface area contributed by atoms with E-state index < -0.39 is 0 Å². The van der Waals surface area contributed by atoms with Gasteiger partial charge in [0, 0.05) is 22.9 Å². The Labute approximate surface area is 174 Å². The van der Waals surface area contributed by atoms with E-state index in [0.29, 0.717) is 26.8 Å². The number of halogens is 1. The number of hydrogen-bond acceptors (Lipinski definition) is 3. The normalized spacial score (nSPS) is 11.7. The molecule has 0 radical (unpaired) electrons. The average Bonchev–Trinajstić information content (AvgIpc) is 2.70. The molecule has 0 aliphatic rings. The van der Waals surface area contributed by atoms with E-state index in [2.05, 4.69) is 5.32 Å². The van der Waals surface area contributed by atoms with Gasteiger partial charge in [-0.05, 0) is 36.8 Å². The maximum Gasteiger partial charge on any atom is 0.288 e. The molecule has 0 saturated heterocycles. The Morgan fingerprint density at radius 3 is 2.50 bits per heavy atom. The number of para-hydroxylation sites is 1. The Bertz CT molecular complexity index is 1050. The minimum atomic E-state index is -0.126. The first-order valence-electron chi connectivity index (χ1n) is 8.68. The summed E-state index contributed by atoms with van der Waals surface area (Å²) in [5, 5.41) is 24.2. The third-order valence-corrected chi connectivity index (χ3v) is 4.89. The van der Waals surface area contributed by atoms with Crippen LogP contribution in [0.3, 0.4) is 0 Å². The second-order valence-electron chi connectivity index (χ2n) is 6.22. The molecule has 1 heterocycles. The lowest BCUT2D eigenvalue weighted by Gasteiger charge is -2.12. The molecule has 0 bridgehead atoms. The van der Waals surface area contributed by atoms with Crippen LogP contribution in [0.1, 0.15) is 16.7 Å². The molecule has 0 saturated carbocycles. The molecule has 2 aromatic carbocycles. The lowest BCUT2D eigenvalue weighted by Crippen LogP contribution is -2.39. The summed E-state index contributed by atoms with van der Waals surface area (Å²) in [6.45, 7) is 1.85. The number of aliphatic hydroxyl groups excluding tert-OH is 2. The SMILES string of the molecule is Cc1ccccc1NC(=S)/C(=C(/O)c1ccccc1Cl)[n+]1cccc(CO)c1. The van der Waals surface area contributed by atoms with E-state index in [4.69, 9.17) is 23.8 Å².